The van der Waals surface area contributed by atoms with E-state index < -0.39 is 0 Å². The van der Waals surface area contributed by atoms with Gasteiger partial charge in [0.05, 0.1) is 18.8 Å². The lowest BCUT2D eigenvalue weighted by molar-refractivity contribution is 0.193. The molecule has 4 aromatic rings. The standard InChI is InChI=1S/C25H22FN3O2/c1-31-22-9-5-4-8-21(22)28-25(30)29-15-14-19-18-6-2-3-7-20(18)27-23(19)24(29)16-10-12-17(26)13-11-16/h2-13,24,27H,14-15H2,1H3,(H,28,30)/t24-/m1/s1. The first kappa shape index (κ1) is 19.2. The molecule has 0 radical (unpaired) electrons. The molecule has 31 heavy (non-hydrogen) atoms. The van der Waals surface area contributed by atoms with Crippen molar-refractivity contribution in [3.8, 4) is 5.75 Å². The van der Waals surface area contributed by atoms with Gasteiger partial charge in [-0.25, -0.2) is 9.18 Å². The summed E-state index contributed by atoms with van der Waals surface area (Å²) in [4.78, 5) is 18.7. The Morgan fingerprint density at radius 1 is 1.06 bits per heavy atom. The molecule has 2 heterocycles. The molecule has 0 spiro atoms. The van der Waals surface area contributed by atoms with E-state index in [-0.39, 0.29) is 17.9 Å². The second-order valence-electron chi connectivity index (χ2n) is 7.59. The first-order valence-corrected chi connectivity index (χ1v) is 10.2. The van der Waals surface area contributed by atoms with Crippen LogP contribution in [0.5, 0.6) is 5.75 Å². The Balaban J connectivity index is 1.57. The number of methoxy groups -OCH3 is 1. The van der Waals surface area contributed by atoms with Gasteiger partial charge in [0.25, 0.3) is 0 Å². The Bertz CT molecular complexity index is 1250. The molecular weight excluding hydrogens is 393 g/mol. The minimum Gasteiger partial charge on any atom is -0.495 e. The van der Waals surface area contributed by atoms with Crippen LogP contribution in [0.15, 0.2) is 72.8 Å². The molecule has 1 atom stereocenters. The maximum absolute atomic E-state index is 13.6. The van der Waals surface area contributed by atoms with Gasteiger partial charge in [-0.2, -0.15) is 0 Å². The number of carbonyl (C=O) groups is 1. The highest BCUT2D eigenvalue weighted by atomic mass is 19.1. The van der Waals surface area contributed by atoms with Gasteiger partial charge in [-0.3, -0.25) is 0 Å². The number of anilines is 1. The summed E-state index contributed by atoms with van der Waals surface area (Å²) in [5.74, 6) is 0.291. The Hall–Kier alpha value is -3.80. The predicted octanol–water partition coefficient (Wildman–Crippen LogP) is 5.50. The number of ether oxygens (including phenoxy) is 1. The fraction of sp³-hybridized carbons (Fsp3) is 0.160. The maximum atomic E-state index is 13.6. The highest BCUT2D eigenvalue weighted by Gasteiger charge is 2.34. The van der Waals surface area contributed by atoms with Gasteiger partial charge in [-0.15, -0.1) is 0 Å². The number of rotatable bonds is 3. The van der Waals surface area contributed by atoms with E-state index >= 15 is 0 Å². The normalized spacial score (nSPS) is 15.5. The van der Waals surface area contributed by atoms with E-state index in [9.17, 15) is 9.18 Å². The summed E-state index contributed by atoms with van der Waals surface area (Å²) in [5.41, 5.74) is 4.66. The molecule has 0 aliphatic carbocycles. The molecule has 2 N–H and O–H groups in total. The fourth-order valence-electron chi connectivity index (χ4n) is 4.39. The second-order valence-corrected chi connectivity index (χ2v) is 7.59. The topological polar surface area (TPSA) is 57.4 Å². The number of fused-ring (bicyclic) bond motifs is 3. The number of carbonyl (C=O) groups excluding carboxylic acids is 1. The number of para-hydroxylation sites is 3. The first-order valence-electron chi connectivity index (χ1n) is 10.2. The minimum absolute atomic E-state index is 0.233. The summed E-state index contributed by atoms with van der Waals surface area (Å²) < 4.78 is 19.0. The average molecular weight is 415 g/mol. The molecule has 0 fully saturated rings. The first-order chi connectivity index (χ1) is 15.2. The van der Waals surface area contributed by atoms with Crippen molar-refractivity contribution >= 4 is 22.6 Å². The van der Waals surface area contributed by atoms with Crippen molar-refractivity contribution in [2.24, 2.45) is 0 Å². The summed E-state index contributed by atoms with van der Waals surface area (Å²) >= 11 is 0. The Kier molecular flexibility index (Phi) is 4.82. The van der Waals surface area contributed by atoms with Gasteiger partial charge in [0.2, 0.25) is 0 Å². The zero-order valence-electron chi connectivity index (χ0n) is 17.1. The van der Waals surface area contributed by atoms with Gasteiger partial charge in [0.15, 0.2) is 0 Å². The Morgan fingerprint density at radius 2 is 1.81 bits per heavy atom. The summed E-state index contributed by atoms with van der Waals surface area (Å²) in [6, 6.07) is 21.2. The zero-order valence-corrected chi connectivity index (χ0v) is 17.1. The molecular formula is C25H22FN3O2. The van der Waals surface area contributed by atoms with Gasteiger partial charge >= 0.3 is 6.03 Å². The zero-order chi connectivity index (χ0) is 21.4. The van der Waals surface area contributed by atoms with E-state index in [1.54, 1.807) is 30.2 Å². The summed E-state index contributed by atoms with van der Waals surface area (Å²) in [5, 5.41) is 4.14. The number of halogens is 1. The van der Waals surface area contributed by atoms with Crippen LogP contribution in [0.3, 0.4) is 0 Å². The summed E-state index contributed by atoms with van der Waals surface area (Å²) in [6.45, 7) is 0.540. The third kappa shape index (κ3) is 3.40. The van der Waals surface area contributed by atoms with Gasteiger partial charge in [0, 0.05) is 23.1 Å². The van der Waals surface area contributed by atoms with Gasteiger partial charge in [-0.1, -0.05) is 42.5 Å². The quantitative estimate of drug-likeness (QED) is 0.465. The van der Waals surface area contributed by atoms with Crippen molar-refractivity contribution in [3.05, 3.63) is 95.4 Å². The third-order valence-electron chi connectivity index (χ3n) is 5.83. The van der Waals surface area contributed by atoms with Crippen molar-refractivity contribution < 1.29 is 13.9 Å². The van der Waals surface area contributed by atoms with Crippen LogP contribution in [0.25, 0.3) is 10.9 Å². The second kappa shape index (κ2) is 7.80. The lowest BCUT2D eigenvalue weighted by atomic mass is 9.92. The maximum Gasteiger partial charge on any atom is 0.322 e. The molecule has 2 amide bonds. The highest BCUT2D eigenvalue weighted by molar-refractivity contribution is 5.92. The third-order valence-corrected chi connectivity index (χ3v) is 5.83. The number of aromatic nitrogens is 1. The van der Waals surface area contributed by atoms with Crippen LogP contribution in [0.4, 0.5) is 14.9 Å². The number of H-pyrrole nitrogens is 1. The van der Waals surface area contributed by atoms with Gasteiger partial charge in [0.1, 0.15) is 11.6 Å². The lowest BCUT2D eigenvalue weighted by Gasteiger charge is -2.36. The highest BCUT2D eigenvalue weighted by Crippen LogP contribution is 2.39. The van der Waals surface area contributed by atoms with Crippen LogP contribution < -0.4 is 10.1 Å². The van der Waals surface area contributed by atoms with Crippen LogP contribution in [-0.4, -0.2) is 29.6 Å². The molecule has 5 rings (SSSR count). The van der Waals surface area contributed by atoms with Crippen molar-refractivity contribution in [2.45, 2.75) is 12.5 Å². The SMILES string of the molecule is COc1ccccc1NC(=O)N1CCc2c([nH]c3ccccc23)[C@H]1c1ccc(F)cc1. The van der Waals surface area contributed by atoms with Gasteiger partial charge < -0.3 is 19.9 Å². The molecule has 6 heteroatoms. The largest absolute Gasteiger partial charge is 0.495 e. The van der Waals surface area contributed by atoms with Crippen LogP contribution in [-0.2, 0) is 6.42 Å². The number of benzene rings is 3. The van der Waals surface area contributed by atoms with Gasteiger partial charge in [-0.05, 0) is 47.9 Å². The van der Waals surface area contributed by atoms with Crippen LogP contribution in [0.1, 0.15) is 22.9 Å². The van der Waals surface area contributed by atoms with Crippen molar-refractivity contribution in [1.82, 2.24) is 9.88 Å². The van der Waals surface area contributed by atoms with Crippen LogP contribution in [0, 0.1) is 5.82 Å². The smallest absolute Gasteiger partial charge is 0.322 e. The Labute approximate surface area is 179 Å². The van der Waals surface area contributed by atoms with E-state index in [4.69, 9.17) is 4.74 Å². The molecule has 1 aliphatic rings. The number of urea groups is 1. The van der Waals surface area contributed by atoms with Crippen molar-refractivity contribution in [2.75, 3.05) is 19.0 Å². The van der Waals surface area contributed by atoms with E-state index in [0.29, 0.717) is 18.0 Å². The molecule has 0 saturated heterocycles. The van der Waals surface area contributed by atoms with E-state index in [1.807, 2.05) is 36.4 Å². The number of nitrogens with zero attached hydrogens (tertiary/aromatic N) is 1. The summed E-state index contributed by atoms with van der Waals surface area (Å²) in [7, 11) is 1.57. The molecule has 1 aliphatic heterocycles. The van der Waals surface area contributed by atoms with E-state index in [2.05, 4.69) is 16.4 Å². The number of hydrogen-bond acceptors (Lipinski definition) is 2. The molecule has 0 bridgehead atoms. The van der Waals surface area contributed by atoms with Crippen LogP contribution >= 0.6 is 0 Å². The lowest BCUT2D eigenvalue weighted by Crippen LogP contribution is -2.43. The molecule has 156 valence electrons. The number of amides is 2. The minimum atomic E-state index is -0.355. The van der Waals surface area contributed by atoms with Crippen molar-refractivity contribution in [1.29, 1.82) is 0 Å². The van der Waals surface area contributed by atoms with Crippen LogP contribution in [0.2, 0.25) is 0 Å². The molecule has 0 saturated carbocycles. The molecule has 0 unspecified atom stereocenters. The molecule has 3 aromatic carbocycles. The number of aromatic amines is 1. The number of nitrogens with one attached hydrogen (secondary N) is 2. The van der Waals surface area contributed by atoms with E-state index in [1.165, 1.54) is 17.7 Å². The van der Waals surface area contributed by atoms with Crippen molar-refractivity contribution in [3.63, 3.8) is 0 Å². The summed E-state index contributed by atoms with van der Waals surface area (Å²) in [6.07, 6.45) is 0.733. The predicted molar refractivity (Wildman–Crippen MR) is 119 cm³/mol. The average Bonchev–Trinajstić information content (AvgIpc) is 3.18. The monoisotopic (exact) mass is 415 g/mol. The molecule has 5 nitrogen and oxygen atoms in total. The number of hydrogen-bond donors (Lipinski definition) is 2. The fourth-order valence-corrected chi connectivity index (χ4v) is 4.39. The Morgan fingerprint density at radius 3 is 2.61 bits per heavy atom. The van der Waals surface area contributed by atoms with E-state index in [0.717, 1.165) is 28.6 Å². The molecule has 1 aromatic heterocycles.